The van der Waals surface area contributed by atoms with Crippen LogP contribution in [0.1, 0.15) is 37.7 Å². The van der Waals surface area contributed by atoms with Gasteiger partial charge in [0.2, 0.25) is 0 Å². The van der Waals surface area contributed by atoms with E-state index in [1.54, 1.807) is 5.48 Å². The van der Waals surface area contributed by atoms with Gasteiger partial charge in [-0.15, -0.1) is 0 Å². The van der Waals surface area contributed by atoms with E-state index in [0.717, 1.165) is 12.0 Å². The van der Waals surface area contributed by atoms with E-state index in [0.29, 0.717) is 12.8 Å². The van der Waals surface area contributed by atoms with Crippen molar-refractivity contribution in [2.24, 2.45) is 0 Å². The Balaban J connectivity index is 2.31. The number of hydrogen-bond donors (Lipinski definition) is 3. The molecule has 1 fully saturated rings. The van der Waals surface area contributed by atoms with Crippen molar-refractivity contribution in [1.82, 2.24) is 10.4 Å². The molecule has 21 heavy (non-hydrogen) atoms. The fraction of sp³-hybridized carbons (Fsp3) is 0.467. The van der Waals surface area contributed by atoms with Gasteiger partial charge < -0.3 is 5.11 Å². The molecule has 1 aromatic rings. The fourth-order valence-electron chi connectivity index (χ4n) is 2.88. The minimum Gasteiger partial charge on any atom is -0.465 e. The summed E-state index contributed by atoms with van der Waals surface area (Å²) < 4.78 is 0. The Morgan fingerprint density at radius 3 is 2.57 bits per heavy atom. The Hall–Kier alpha value is -2.08. The summed E-state index contributed by atoms with van der Waals surface area (Å²) in [5.74, 6) is -0.881. The van der Waals surface area contributed by atoms with Gasteiger partial charge in [0, 0.05) is 12.5 Å². The summed E-state index contributed by atoms with van der Waals surface area (Å²) in [5.41, 5.74) is 1.34. The molecular weight excluding hydrogens is 272 g/mol. The van der Waals surface area contributed by atoms with Crippen molar-refractivity contribution in [3.8, 4) is 0 Å². The van der Waals surface area contributed by atoms with Crippen molar-refractivity contribution in [1.29, 1.82) is 0 Å². The highest BCUT2D eigenvalue weighted by molar-refractivity contribution is 5.94. The maximum atomic E-state index is 12.1. The molecule has 0 aliphatic heterocycles. The normalized spacial score (nSPS) is 23.4. The van der Waals surface area contributed by atoms with Crippen LogP contribution in [0, 0.1) is 0 Å². The van der Waals surface area contributed by atoms with E-state index < -0.39 is 17.5 Å². The van der Waals surface area contributed by atoms with Gasteiger partial charge in [0.05, 0.1) is 0 Å². The lowest BCUT2D eigenvalue weighted by atomic mass is 10.0. The molecule has 114 valence electrons. The zero-order chi connectivity index (χ0) is 15.5. The maximum Gasteiger partial charge on any atom is 0.408 e. The lowest BCUT2D eigenvalue weighted by Gasteiger charge is -2.29. The van der Waals surface area contributed by atoms with Crippen LogP contribution in [-0.2, 0) is 4.79 Å². The average molecular weight is 292 g/mol. The minimum atomic E-state index is -1.20. The van der Waals surface area contributed by atoms with Gasteiger partial charge in [-0.05, 0) is 18.4 Å². The van der Waals surface area contributed by atoms with Gasteiger partial charge >= 0.3 is 6.09 Å². The van der Waals surface area contributed by atoms with Crippen LogP contribution < -0.4 is 5.48 Å². The molecule has 1 aromatic carbocycles. The van der Waals surface area contributed by atoms with Crippen LogP contribution in [0.4, 0.5) is 4.79 Å². The topological polar surface area (TPSA) is 89.9 Å². The van der Waals surface area contributed by atoms with Crippen molar-refractivity contribution in [2.45, 2.75) is 37.6 Å². The van der Waals surface area contributed by atoms with Gasteiger partial charge in [0.1, 0.15) is 5.54 Å². The number of carbonyl (C=O) groups is 2. The van der Waals surface area contributed by atoms with Crippen molar-refractivity contribution in [3.05, 3.63) is 35.9 Å². The third kappa shape index (κ3) is 2.71. The Labute approximate surface area is 123 Å². The number of benzene rings is 1. The number of hydroxylamine groups is 1. The molecule has 2 rings (SSSR count). The van der Waals surface area contributed by atoms with Crippen LogP contribution in [0.25, 0.3) is 0 Å². The van der Waals surface area contributed by atoms with Gasteiger partial charge in [-0.25, -0.2) is 10.3 Å². The van der Waals surface area contributed by atoms with Gasteiger partial charge in [-0.2, -0.15) is 0 Å². The quantitative estimate of drug-likeness (QED) is 0.554. The zero-order valence-corrected chi connectivity index (χ0v) is 12.0. The number of hydrogen-bond acceptors (Lipinski definition) is 3. The molecule has 0 aromatic heterocycles. The molecule has 1 saturated carbocycles. The molecule has 0 radical (unpaired) electrons. The summed E-state index contributed by atoms with van der Waals surface area (Å²) in [7, 11) is 0. The van der Waals surface area contributed by atoms with E-state index in [9.17, 15) is 14.7 Å². The molecule has 6 nitrogen and oxygen atoms in total. The number of unbranched alkanes of at least 4 members (excludes halogenated alkanes) is 1. The summed E-state index contributed by atoms with van der Waals surface area (Å²) in [5, 5.41) is 18.5. The largest absolute Gasteiger partial charge is 0.465 e. The van der Waals surface area contributed by atoms with Crippen molar-refractivity contribution in [3.63, 3.8) is 0 Å². The third-order valence-corrected chi connectivity index (χ3v) is 4.08. The highest BCUT2D eigenvalue weighted by atomic mass is 16.5. The number of nitrogens with one attached hydrogen (secondary N) is 1. The molecule has 0 bridgehead atoms. The second-order valence-corrected chi connectivity index (χ2v) is 5.32. The monoisotopic (exact) mass is 292 g/mol. The molecule has 2 amide bonds. The lowest BCUT2D eigenvalue weighted by molar-refractivity contribution is -0.136. The number of carboxylic acid groups (broad SMARTS) is 1. The maximum absolute atomic E-state index is 12.1. The first-order chi connectivity index (χ1) is 10.1. The summed E-state index contributed by atoms with van der Waals surface area (Å²) >= 11 is 0. The highest BCUT2D eigenvalue weighted by Crippen LogP contribution is 2.55. The van der Waals surface area contributed by atoms with Crippen LogP contribution in [-0.4, -0.2) is 39.3 Å². The number of nitrogens with zero attached hydrogens (tertiary/aromatic N) is 1. The summed E-state index contributed by atoms with van der Waals surface area (Å²) in [6.45, 7) is 2.24. The molecule has 1 aliphatic carbocycles. The van der Waals surface area contributed by atoms with Gasteiger partial charge in [0.15, 0.2) is 0 Å². The highest BCUT2D eigenvalue weighted by Gasteiger charge is 2.65. The van der Waals surface area contributed by atoms with Crippen molar-refractivity contribution < 1.29 is 19.9 Å². The van der Waals surface area contributed by atoms with Crippen molar-refractivity contribution >= 4 is 12.0 Å². The third-order valence-electron chi connectivity index (χ3n) is 4.08. The van der Waals surface area contributed by atoms with Gasteiger partial charge in [0.25, 0.3) is 5.91 Å². The number of rotatable bonds is 6. The second-order valence-electron chi connectivity index (χ2n) is 5.32. The SMILES string of the molecule is CCCCN(C(=O)O)[C@@]1(C(=O)NO)C[C@@H]1c1ccccc1. The number of carbonyl (C=O) groups excluding carboxylic acids is 1. The Morgan fingerprint density at radius 2 is 2.05 bits per heavy atom. The van der Waals surface area contributed by atoms with E-state index in [4.69, 9.17) is 5.21 Å². The first-order valence-electron chi connectivity index (χ1n) is 7.08. The Bertz CT molecular complexity index is 520. The predicted molar refractivity (Wildman–Crippen MR) is 76.1 cm³/mol. The summed E-state index contributed by atoms with van der Waals surface area (Å²) in [6.07, 6.45) is 0.759. The average Bonchev–Trinajstić information content (AvgIpc) is 3.24. The van der Waals surface area contributed by atoms with E-state index in [-0.39, 0.29) is 12.5 Å². The standard InChI is InChI=1S/C15H20N2O4/c1-2-3-9-17(14(19)20)15(13(18)16-21)10-12(15)11-7-5-4-6-8-11/h4-8,12,21H,2-3,9-10H2,1H3,(H,16,18)(H,19,20)/t12-,15+/m1/s1. The van der Waals surface area contributed by atoms with Crippen molar-refractivity contribution in [2.75, 3.05) is 6.54 Å². The fourth-order valence-corrected chi connectivity index (χ4v) is 2.88. The smallest absolute Gasteiger partial charge is 0.408 e. The van der Waals surface area contributed by atoms with Crippen LogP contribution in [0.5, 0.6) is 0 Å². The first kappa shape index (κ1) is 15.3. The van der Waals surface area contributed by atoms with Crippen LogP contribution in [0.3, 0.4) is 0 Å². The van der Waals surface area contributed by atoms with E-state index in [1.165, 1.54) is 4.90 Å². The van der Waals surface area contributed by atoms with Crippen LogP contribution in [0.2, 0.25) is 0 Å². The molecule has 6 heteroatoms. The second kappa shape index (κ2) is 6.13. The molecule has 3 N–H and O–H groups in total. The molecule has 0 heterocycles. The Kier molecular flexibility index (Phi) is 4.47. The molecule has 0 spiro atoms. The summed E-state index contributed by atoms with van der Waals surface area (Å²) in [6, 6.07) is 9.32. The van der Waals surface area contributed by atoms with E-state index >= 15 is 0 Å². The van der Waals surface area contributed by atoms with Gasteiger partial charge in [-0.1, -0.05) is 43.7 Å². The molecule has 0 saturated heterocycles. The predicted octanol–water partition coefficient (Wildman–Crippen LogP) is 2.20. The minimum absolute atomic E-state index is 0.223. The van der Waals surface area contributed by atoms with Crippen LogP contribution >= 0.6 is 0 Å². The number of amides is 2. The molecular formula is C15H20N2O4. The van der Waals surface area contributed by atoms with Gasteiger partial charge in [-0.3, -0.25) is 14.9 Å². The lowest BCUT2D eigenvalue weighted by Crippen LogP contribution is -2.52. The molecule has 1 aliphatic rings. The first-order valence-corrected chi connectivity index (χ1v) is 7.08. The Morgan fingerprint density at radius 1 is 1.38 bits per heavy atom. The molecule has 2 atom stereocenters. The molecule has 0 unspecified atom stereocenters. The van der Waals surface area contributed by atoms with E-state index in [1.807, 2.05) is 37.3 Å². The zero-order valence-electron chi connectivity index (χ0n) is 12.0. The van der Waals surface area contributed by atoms with E-state index in [2.05, 4.69) is 0 Å². The summed E-state index contributed by atoms with van der Waals surface area (Å²) in [4.78, 5) is 24.8. The van der Waals surface area contributed by atoms with Crippen LogP contribution in [0.15, 0.2) is 30.3 Å².